The highest BCUT2D eigenvalue weighted by molar-refractivity contribution is 5.98. The zero-order chi connectivity index (χ0) is 21.5. The summed E-state index contributed by atoms with van der Waals surface area (Å²) in [5.74, 6) is -0.306. The number of aliphatic hydroxyl groups excluding tert-OH is 1. The van der Waals surface area contributed by atoms with Crippen LogP contribution in [0.15, 0.2) is 48.5 Å². The van der Waals surface area contributed by atoms with Crippen LogP contribution in [-0.2, 0) is 4.79 Å². The Morgan fingerprint density at radius 1 is 1.10 bits per heavy atom. The largest absolute Gasteiger partial charge is 0.394 e. The third-order valence-corrected chi connectivity index (χ3v) is 6.97. The summed E-state index contributed by atoms with van der Waals surface area (Å²) < 4.78 is 13.5. The maximum atomic E-state index is 13.5. The Morgan fingerprint density at radius 3 is 2.61 bits per heavy atom. The van der Waals surface area contributed by atoms with E-state index in [1.165, 1.54) is 18.2 Å². The SMILES string of the molecule is O=C(C1CCCC1)N1C[C@H]2[C@@H](c3ccccc31)[C@H](CO)N2C(=O)Nc1cccc(F)c1. The molecule has 1 aliphatic carbocycles. The molecule has 1 saturated heterocycles. The van der Waals surface area contributed by atoms with E-state index < -0.39 is 11.8 Å². The van der Waals surface area contributed by atoms with Gasteiger partial charge in [-0.3, -0.25) is 4.79 Å². The molecule has 2 heterocycles. The molecular formula is C24H26FN3O3. The first-order valence-corrected chi connectivity index (χ1v) is 10.9. The maximum absolute atomic E-state index is 13.5. The Labute approximate surface area is 180 Å². The molecule has 2 aromatic rings. The van der Waals surface area contributed by atoms with Crippen molar-refractivity contribution in [3.8, 4) is 0 Å². The monoisotopic (exact) mass is 423 g/mol. The molecule has 5 rings (SSSR count). The fraction of sp³-hybridized carbons (Fsp3) is 0.417. The standard InChI is InChI=1S/C24H26FN3O3/c25-16-8-5-9-17(12-16)26-24(31)28-20-13-27(23(30)15-6-1-2-7-15)19-11-4-3-10-18(19)22(20)21(28)14-29/h3-5,8-12,15,20-22,29H,1-2,6-7,13-14H2,(H,26,31)/t20-,21-,22+/m0/s1. The van der Waals surface area contributed by atoms with Gasteiger partial charge in [0.05, 0.1) is 18.7 Å². The van der Waals surface area contributed by atoms with E-state index in [4.69, 9.17) is 0 Å². The van der Waals surface area contributed by atoms with E-state index in [2.05, 4.69) is 5.32 Å². The smallest absolute Gasteiger partial charge is 0.322 e. The van der Waals surface area contributed by atoms with Crippen molar-refractivity contribution < 1.29 is 19.1 Å². The minimum absolute atomic E-state index is 0.0351. The number of nitrogens with one attached hydrogen (secondary N) is 1. The van der Waals surface area contributed by atoms with Gasteiger partial charge in [-0.25, -0.2) is 9.18 Å². The second kappa shape index (κ2) is 7.96. The van der Waals surface area contributed by atoms with Gasteiger partial charge in [0.2, 0.25) is 5.91 Å². The molecule has 0 radical (unpaired) electrons. The normalized spacial score (nSPS) is 24.9. The molecule has 0 aromatic heterocycles. The number of likely N-dealkylation sites (tertiary alicyclic amines) is 1. The highest BCUT2D eigenvalue weighted by Crippen LogP contribution is 2.49. The Hall–Kier alpha value is -2.93. The van der Waals surface area contributed by atoms with Crippen LogP contribution in [0.4, 0.5) is 20.6 Å². The molecule has 2 aromatic carbocycles. The van der Waals surface area contributed by atoms with Crippen LogP contribution in [0.2, 0.25) is 0 Å². The molecule has 3 amide bonds. The van der Waals surface area contributed by atoms with E-state index in [1.54, 1.807) is 11.0 Å². The third-order valence-electron chi connectivity index (χ3n) is 6.97. The van der Waals surface area contributed by atoms with Crippen LogP contribution in [0.5, 0.6) is 0 Å². The van der Waals surface area contributed by atoms with Crippen molar-refractivity contribution in [2.24, 2.45) is 5.92 Å². The third kappa shape index (κ3) is 3.37. The molecule has 162 valence electrons. The number of hydrogen-bond donors (Lipinski definition) is 2. The van der Waals surface area contributed by atoms with E-state index in [9.17, 15) is 19.1 Å². The lowest BCUT2D eigenvalue weighted by Gasteiger charge is -2.58. The van der Waals surface area contributed by atoms with E-state index in [0.29, 0.717) is 12.2 Å². The molecule has 0 bridgehead atoms. The van der Waals surface area contributed by atoms with Crippen LogP contribution in [0.25, 0.3) is 0 Å². The summed E-state index contributed by atoms with van der Waals surface area (Å²) >= 11 is 0. The molecule has 3 aliphatic rings. The van der Waals surface area contributed by atoms with Crippen molar-refractivity contribution in [1.82, 2.24) is 4.90 Å². The van der Waals surface area contributed by atoms with Crippen LogP contribution in [0.3, 0.4) is 0 Å². The number of para-hydroxylation sites is 1. The zero-order valence-electron chi connectivity index (χ0n) is 17.2. The molecule has 0 unspecified atom stereocenters. The second-order valence-electron chi connectivity index (χ2n) is 8.68. The first kappa shape index (κ1) is 20.0. The van der Waals surface area contributed by atoms with E-state index in [1.807, 2.05) is 29.2 Å². The van der Waals surface area contributed by atoms with Crippen molar-refractivity contribution in [2.75, 3.05) is 23.4 Å². The molecule has 6 nitrogen and oxygen atoms in total. The van der Waals surface area contributed by atoms with Crippen LogP contribution < -0.4 is 10.2 Å². The quantitative estimate of drug-likeness (QED) is 0.790. The number of halogens is 1. The first-order chi connectivity index (χ1) is 15.1. The summed E-state index contributed by atoms with van der Waals surface area (Å²) in [5.41, 5.74) is 2.25. The average Bonchev–Trinajstić information content (AvgIpc) is 3.28. The van der Waals surface area contributed by atoms with Gasteiger partial charge < -0.3 is 20.2 Å². The number of nitrogens with zero attached hydrogens (tertiary/aromatic N) is 2. The van der Waals surface area contributed by atoms with Crippen molar-refractivity contribution >= 4 is 23.3 Å². The lowest BCUT2D eigenvalue weighted by Crippen LogP contribution is -2.71. The van der Waals surface area contributed by atoms with Gasteiger partial charge in [-0.1, -0.05) is 37.1 Å². The Kier molecular flexibility index (Phi) is 5.14. The highest BCUT2D eigenvalue weighted by atomic mass is 19.1. The summed E-state index contributed by atoms with van der Waals surface area (Å²) in [6.07, 6.45) is 3.97. The average molecular weight is 423 g/mol. The lowest BCUT2D eigenvalue weighted by molar-refractivity contribution is -0.123. The Balaban J connectivity index is 1.43. The summed E-state index contributed by atoms with van der Waals surface area (Å²) in [4.78, 5) is 29.8. The van der Waals surface area contributed by atoms with E-state index >= 15 is 0 Å². The summed E-state index contributed by atoms with van der Waals surface area (Å²) in [5, 5.41) is 12.8. The number of carbonyl (C=O) groups is 2. The number of carbonyl (C=O) groups excluding carboxylic acids is 2. The molecule has 0 spiro atoms. The number of rotatable bonds is 3. The van der Waals surface area contributed by atoms with Crippen LogP contribution >= 0.6 is 0 Å². The molecule has 1 saturated carbocycles. The van der Waals surface area contributed by atoms with Gasteiger partial charge in [0.25, 0.3) is 0 Å². The number of fused-ring (bicyclic) bond motifs is 3. The Morgan fingerprint density at radius 2 is 1.87 bits per heavy atom. The minimum Gasteiger partial charge on any atom is -0.394 e. The number of anilines is 2. The van der Waals surface area contributed by atoms with Gasteiger partial charge in [-0.15, -0.1) is 0 Å². The second-order valence-corrected chi connectivity index (χ2v) is 8.68. The number of benzene rings is 2. The molecular weight excluding hydrogens is 397 g/mol. The molecule has 2 N–H and O–H groups in total. The summed E-state index contributed by atoms with van der Waals surface area (Å²) in [6.45, 7) is 0.229. The van der Waals surface area contributed by atoms with Crippen LogP contribution in [0.1, 0.15) is 37.2 Å². The molecule has 2 aliphatic heterocycles. The van der Waals surface area contributed by atoms with Crippen molar-refractivity contribution in [2.45, 2.75) is 43.7 Å². The number of amides is 3. The number of urea groups is 1. The zero-order valence-corrected chi connectivity index (χ0v) is 17.2. The molecule has 31 heavy (non-hydrogen) atoms. The Bertz CT molecular complexity index is 1010. The fourth-order valence-electron chi connectivity index (χ4n) is 5.52. The molecule has 2 fully saturated rings. The molecule has 7 heteroatoms. The first-order valence-electron chi connectivity index (χ1n) is 10.9. The van der Waals surface area contributed by atoms with Gasteiger partial charge in [-0.2, -0.15) is 0 Å². The van der Waals surface area contributed by atoms with Gasteiger partial charge in [-0.05, 0) is 42.7 Å². The predicted molar refractivity (Wildman–Crippen MR) is 115 cm³/mol. The topological polar surface area (TPSA) is 72.9 Å². The van der Waals surface area contributed by atoms with Gasteiger partial charge in [0.15, 0.2) is 0 Å². The summed E-state index contributed by atoms with van der Waals surface area (Å²) in [6, 6.07) is 12.5. The predicted octanol–water partition coefficient (Wildman–Crippen LogP) is 3.72. The number of hydrogen-bond acceptors (Lipinski definition) is 3. The van der Waals surface area contributed by atoms with E-state index in [0.717, 1.165) is 36.9 Å². The van der Waals surface area contributed by atoms with Crippen molar-refractivity contribution in [3.63, 3.8) is 0 Å². The number of aliphatic hydroxyl groups is 1. The van der Waals surface area contributed by atoms with Gasteiger partial charge in [0, 0.05) is 29.8 Å². The minimum atomic E-state index is -0.432. The maximum Gasteiger partial charge on any atom is 0.322 e. The van der Waals surface area contributed by atoms with E-state index in [-0.39, 0.29) is 36.4 Å². The highest BCUT2D eigenvalue weighted by Gasteiger charge is 2.55. The fourth-order valence-corrected chi connectivity index (χ4v) is 5.52. The molecule has 3 atom stereocenters. The van der Waals surface area contributed by atoms with Crippen LogP contribution in [0, 0.1) is 11.7 Å². The summed E-state index contributed by atoms with van der Waals surface area (Å²) in [7, 11) is 0. The van der Waals surface area contributed by atoms with Gasteiger partial charge in [0.1, 0.15) is 5.82 Å². The van der Waals surface area contributed by atoms with Crippen LogP contribution in [-0.4, -0.2) is 47.2 Å². The van der Waals surface area contributed by atoms with Crippen molar-refractivity contribution in [3.05, 3.63) is 59.9 Å². The van der Waals surface area contributed by atoms with Crippen molar-refractivity contribution in [1.29, 1.82) is 0 Å². The lowest BCUT2D eigenvalue weighted by atomic mass is 9.72. The van der Waals surface area contributed by atoms with Gasteiger partial charge >= 0.3 is 6.03 Å².